The Morgan fingerprint density at radius 3 is 2.42 bits per heavy atom. The van der Waals surface area contributed by atoms with Crippen molar-refractivity contribution in [1.29, 1.82) is 0 Å². The molecule has 0 bridgehead atoms. The molecule has 1 amide bonds. The molecule has 1 aliphatic rings. The Kier molecular flexibility index (Phi) is 6.10. The molecule has 2 N–H and O–H groups in total. The highest BCUT2D eigenvalue weighted by molar-refractivity contribution is 6.31. The van der Waals surface area contributed by atoms with E-state index in [1.54, 1.807) is 12.1 Å². The van der Waals surface area contributed by atoms with Crippen molar-refractivity contribution >= 4 is 17.5 Å². The Hall–Kier alpha value is -4.55. The molecule has 1 unspecified atom stereocenters. The number of aromatic nitrogens is 2. The second-order valence-electron chi connectivity index (χ2n) is 9.29. The molecule has 0 spiro atoms. The molecule has 0 saturated carbocycles. The smallest absolute Gasteiger partial charge is 0.273 e. The topological polar surface area (TPSA) is 78.5 Å². The van der Waals surface area contributed by atoms with Gasteiger partial charge in [-0.2, -0.15) is 5.10 Å². The van der Waals surface area contributed by atoms with Crippen molar-refractivity contribution in [3.05, 3.63) is 130 Å². The number of hydrogen-bond acceptors (Lipinski definition) is 4. The van der Waals surface area contributed by atoms with Gasteiger partial charge in [-0.3, -0.25) is 9.89 Å². The van der Waals surface area contributed by atoms with Crippen molar-refractivity contribution in [2.75, 3.05) is 0 Å². The molecule has 7 heteroatoms. The number of aryl methyl sites for hydroxylation is 1. The number of carbonyl (C=O) groups is 1. The molecule has 1 aliphatic heterocycles. The zero-order valence-electron chi connectivity index (χ0n) is 20.6. The first kappa shape index (κ1) is 23.8. The SMILES string of the molecule is Cc1cc(O)c(-c2n[nH]c3c2C(c2cccc(Oc4ccccc4)c2)N(Cc2ccccc2)C3=O)cc1Cl. The molecule has 6 rings (SSSR count). The fourth-order valence-electron chi connectivity index (χ4n) is 4.92. The summed E-state index contributed by atoms with van der Waals surface area (Å²) in [5.74, 6) is 1.26. The number of carbonyl (C=O) groups excluding carboxylic acids is 1. The van der Waals surface area contributed by atoms with Crippen LogP contribution in [0.3, 0.4) is 0 Å². The Morgan fingerprint density at radius 1 is 0.947 bits per heavy atom. The van der Waals surface area contributed by atoms with Crippen LogP contribution in [0.1, 0.15) is 38.8 Å². The number of ether oxygens (including phenoxy) is 1. The van der Waals surface area contributed by atoms with Crippen molar-refractivity contribution in [3.8, 4) is 28.5 Å². The number of nitrogens with one attached hydrogen (secondary N) is 1. The third kappa shape index (κ3) is 4.29. The van der Waals surface area contributed by atoms with E-state index in [0.29, 0.717) is 39.8 Å². The van der Waals surface area contributed by atoms with Gasteiger partial charge in [0.25, 0.3) is 5.91 Å². The Morgan fingerprint density at radius 2 is 1.66 bits per heavy atom. The predicted molar refractivity (Wildman–Crippen MR) is 147 cm³/mol. The van der Waals surface area contributed by atoms with Gasteiger partial charge in [0.05, 0.1) is 6.04 Å². The largest absolute Gasteiger partial charge is 0.507 e. The van der Waals surface area contributed by atoms with Crippen LogP contribution in [0.5, 0.6) is 17.2 Å². The predicted octanol–water partition coefficient (Wildman–Crippen LogP) is 7.28. The maximum Gasteiger partial charge on any atom is 0.273 e. The minimum Gasteiger partial charge on any atom is -0.507 e. The minimum absolute atomic E-state index is 0.0510. The van der Waals surface area contributed by atoms with E-state index in [-0.39, 0.29) is 11.7 Å². The molecule has 1 aromatic heterocycles. The molecular formula is C31H24ClN3O3. The molecule has 4 aromatic carbocycles. The van der Waals surface area contributed by atoms with Gasteiger partial charge in [0.2, 0.25) is 0 Å². The highest BCUT2D eigenvalue weighted by Crippen LogP contribution is 2.46. The molecular weight excluding hydrogens is 498 g/mol. The summed E-state index contributed by atoms with van der Waals surface area (Å²) in [6.45, 7) is 2.23. The zero-order chi connectivity index (χ0) is 26.2. The van der Waals surface area contributed by atoms with E-state index in [1.165, 1.54) is 0 Å². The van der Waals surface area contributed by atoms with Gasteiger partial charge in [0, 0.05) is 22.7 Å². The second kappa shape index (κ2) is 9.72. The van der Waals surface area contributed by atoms with E-state index in [9.17, 15) is 9.90 Å². The van der Waals surface area contributed by atoms with Gasteiger partial charge in [0.1, 0.15) is 28.6 Å². The number of aromatic hydroxyl groups is 1. The third-order valence-electron chi connectivity index (χ3n) is 6.74. The van der Waals surface area contributed by atoms with Crippen molar-refractivity contribution in [2.24, 2.45) is 0 Å². The van der Waals surface area contributed by atoms with Crippen LogP contribution in [0.2, 0.25) is 5.02 Å². The number of para-hydroxylation sites is 1. The molecule has 0 aliphatic carbocycles. The van der Waals surface area contributed by atoms with E-state index in [4.69, 9.17) is 16.3 Å². The summed E-state index contributed by atoms with van der Waals surface area (Å²) < 4.78 is 6.11. The number of phenols is 1. The molecule has 0 fully saturated rings. The fourth-order valence-corrected chi connectivity index (χ4v) is 5.08. The number of nitrogens with zero attached hydrogens (tertiary/aromatic N) is 2. The van der Waals surface area contributed by atoms with Crippen LogP contribution in [0.25, 0.3) is 11.3 Å². The van der Waals surface area contributed by atoms with Gasteiger partial charge in [0.15, 0.2) is 0 Å². The van der Waals surface area contributed by atoms with E-state index in [2.05, 4.69) is 10.2 Å². The van der Waals surface area contributed by atoms with Crippen LogP contribution >= 0.6 is 11.6 Å². The van der Waals surface area contributed by atoms with Crippen LogP contribution in [0.15, 0.2) is 97.1 Å². The van der Waals surface area contributed by atoms with E-state index in [0.717, 1.165) is 22.4 Å². The Balaban J connectivity index is 1.48. The molecule has 38 heavy (non-hydrogen) atoms. The number of rotatable bonds is 6. The lowest BCUT2D eigenvalue weighted by Crippen LogP contribution is -2.29. The quantitative estimate of drug-likeness (QED) is 0.246. The summed E-state index contributed by atoms with van der Waals surface area (Å²) in [5, 5.41) is 18.7. The number of fused-ring (bicyclic) bond motifs is 1. The number of hydrogen-bond donors (Lipinski definition) is 2. The lowest BCUT2D eigenvalue weighted by Gasteiger charge is -2.27. The lowest BCUT2D eigenvalue weighted by molar-refractivity contribution is 0.0730. The van der Waals surface area contributed by atoms with Gasteiger partial charge in [-0.1, -0.05) is 72.3 Å². The minimum atomic E-state index is -0.467. The number of amides is 1. The standard InChI is InChI=1S/C31H24ClN3O3/c1-19-15-26(36)24(17-25(19)32)28-27-29(34-33-28)31(37)35(18-20-9-4-2-5-10-20)30(27)21-11-8-14-23(16-21)38-22-12-6-3-7-13-22/h2-17,30,36H,18H2,1H3,(H,33,34). The highest BCUT2D eigenvalue weighted by atomic mass is 35.5. The van der Waals surface area contributed by atoms with E-state index in [1.807, 2.05) is 96.8 Å². The van der Waals surface area contributed by atoms with Crippen molar-refractivity contribution in [1.82, 2.24) is 15.1 Å². The summed E-state index contributed by atoms with van der Waals surface area (Å²) >= 11 is 6.43. The summed E-state index contributed by atoms with van der Waals surface area (Å²) in [6.07, 6.45) is 0. The first-order valence-corrected chi connectivity index (χ1v) is 12.6. The zero-order valence-corrected chi connectivity index (χ0v) is 21.3. The van der Waals surface area contributed by atoms with Crippen LogP contribution < -0.4 is 4.74 Å². The van der Waals surface area contributed by atoms with Gasteiger partial charge in [-0.05, 0) is 60.0 Å². The molecule has 5 aromatic rings. The normalized spacial score (nSPS) is 14.5. The summed E-state index contributed by atoms with van der Waals surface area (Å²) in [4.78, 5) is 15.6. The van der Waals surface area contributed by atoms with Gasteiger partial charge in [-0.15, -0.1) is 0 Å². The fraction of sp³-hybridized carbons (Fsp3) is 0.0968. The molecule has 0 saturated heterocycles. The van der Waals surface area contributed by atoms with Gasteiger partial charge in [-0.25, -0.2) is 0 Å². The number of phenolic OH excluding ortho intramolecular Hbond substituents is 1. The summed E-state index contributed by atoms with van der Waals surface area (Å²) in [7, 11) is 0. The van der Waals surface area contributed by atoms with Crippen molar-refractivity contribution in [2.45, 2.75) is 19.5 Å². The molecule has 2 heterocycles. The molecule has 6 nitrogen and oxygen atoms in total. The maximum atomic E-state index is 13.7. The number of benzene rings is 4. The van der Waals surface area contributed by atoms with Crippen LogP contribution in [-0.2, 0) is 6.54 Å². The monoisotopic (exact) mass is 521 g/mol. The Bertz CT molecular complexity index is 1630. The first-order valence-electron chi connectivity index (χ1n) is 12.2. The third-order valence-corrected chi connectivity index (χ3v) is 7.15. The average molecular weight is 522 g/mol. The number of halogens is 1. The average Bonchev–Trinajstić information content (AvgIpc) is 3.46. The van der Waals surface area contributed by atoms with E-state index < -0.39 is 6.04 Å². The molecule has 1 atom stereocenters. The Labute approximate surface area is 225 Å². The van der Waals surface area contributed by atoms with Crippen LogP contribution in [0, 0.1) is 6.92 Å². The van der Waals surface area contributed by atoms with Crippen molar-refractivity contribution < 1.29 is 14.6 Å². The molecule has 188 valence electrons. The summed E-state index contributed by atoms with van der Waals surface area (Å²) in [5.41, 5.74) is 4.66. The lowest BCUT2D eigenvalue weighted by atomic mass is 9.95. The van der Waals surface area contributed by atoms with Crippen molar-refractivity contribution in [3.63, 3.8) is 0 Å². The van der Waals surface area contributed by atoms with E-state index >= 15 is 0 Å². The first-order chi connectivity index (χ1) is 18.5. The van der Waals surface area contributed by atoms with Gasteiger partial charge < -0.3 is 14.7 Å². The second-order valence-corrected chi connectivity index (χ2v) is 9.70. The maximum absolute atomic E-state index is 13.7. The highest BCUT2D eigenvalue weighted by Gasteiger charge is 2.42. The van der Waals surface area contributed by atoms with Crippen LogP contribution in [-0.4, -0.2) is 26.1 Å². The van der Waals surface area contributed by atoms with Crippen LogP contribution in [0.4, 0.5) is 0 Å². The van der Waals surface area contributed by atoms with Gasteiger partial charge >= 0.3 is 0 Å². The number of H-pyrrole nitrogens is 1. The summed E-state index contributed by atoms with van der Waals surface area (Å²) in [6, 6.07) is 30.0. The number of aromatic amines is 1. The molecule has 0 radical (unpaired) electrons.